The Kier molecular flexibility index (Phi) is 6.48. The van der Waals surface area contributed by atoms with Crippen LogP contribution in [0, 0.1) is 11.2 Å². The van der Waals surface area contributed by atoms with Crippen LogP contribution in [0.15, 0.2) is 22.7 Å². The summed E-state index contributed by atoms with van der Waals surface area (Å²) in [6.07, 6.45) is 3.00. The maximum atomic E-state index is 14.0. The molecule has 3 heteroatoms. The Labute approximate surface area is 125 Å². The van der Waals surface area contributed by atoms with E-state index in [1.807, 2.05) is 12.1 Å². The molecule has 1 aromatic carbocycles. The highest BCUT2D eigenvalue weighted by molar-refractivity contribution is 9.10. The fourth-order valence-electron chi connectivity index (χ4n) is 2.42. The number of benzene rings is 1. The second kappa shape index (κ2) is 7.39. The molecule has 0 aliphatic heterocycles. The predicted octanol–water partition coefficient (Wildman–Crippen LogP) is 4.94. The van der Waals surface area contributed by atoms with Gasteiger partial charge in [0.15, 0.2) is 0 Å². The van der Waals surface area contributed by atoms with Crippen LogP contribution in [-0.4, -0.2) is 12.6 Å². The summed E-state index contributed by atoms with van der Waals surface area (Å²) in [5, 5.41) is 3.49. The van der Waals surface area contributed by atoms with Crippen molar-refractivity contribution >= 4 is 15.9 Å². The van der Waals surface area contributed by atoms with Crippen LogP contribution in [0.5, 0.6) is 0 Å². The van der Waals surface area contributed by atoms with Crippen molar-refractivity contribution in [2.45, 2.75) is 53.0 Å². The van der Waals surface area contributed by atoms with Gasteiger partial charge in [0, 0.05) is 17.1 Å². The molecule has 1 unspecified atom stereocenters. The van der Waals surface area contributed by atoms with E-state index >= 15 is 0 Å². The third-order valence-electron chi connectivity index (χ3n) is 3.42. The van der Waals surface area contributed by atoms with Gasteiger partial charge in [-0.15, -0.1) is 0 Å². The summed E-state index contributed by atoms with van der Waals surface area (Å²) in [6, 6.07) is 5.83. The van der Waals surface area contributed by atoms with Crippen LogP contribution in [0.3, 0.4) is 0 Å². The van der Waals surface area contributed by atoms with Gasteiger partial charge in [-0.3, -0.25) is 0 Å². The van der Waals surface area contributed by atoms with Crippen molar-refractivity contribution in [2.75, 3.05) is 6.54 Å². The van der Waals surface area contributed by atoms with Crippen molar-refractivity contribution in [1.82, 2.24) is 5.32 Å². The van der Waals surface area contributed by atoms with Crippen LogP contribution in [0.25, 0.3) is 0 Å². The fourth-order valence-corrected chi connectivity index (χ4v) is 2.75. The van der Waals surface area contributed by atoms with Gasteiger partial charge in [0.1, 0.15) is 5.82 Å². The number of nitrogens with one attached hydrogen (secondary N) is 1. The average Bonchev–Trinajstić information content (AvgIpc) is 2.31. The Morgan fingerprint density at radius 3 is 2.58 bits per heavy atom. The smallest absolute Gasteiger partial charge is 0.127 e. The zero-order chi connectivity index (χ0) is 14.5. The molecule has 1 atom stereocenters. The first-order valence-electron chi connectivity index (χ1n) is 7.03. The zero-order valence-electron chi connectivity index (χ0n) is 12.4. The summed E-state index contributed by atoms with van der Waals surface area (Å²) in [7, 11) is 0. The molecule has 0 fully saturated rings. The molecule has 1 nitrogen and oxygen atoms in total. The lowest BCUT2D eigenvalue weighted by atomic mass is 9.79. The van der Waals surface area contributed by atoms with Gasteiger partial charge in [0.05, 0.1) is 0 Å². The van der Waals surface area contributed by atoms with Crippen molar-refractivity contribution in [2.24, 2.45) is 5.41 Å². The normalized spacial score (nSPS) is 14.7. The van der Waals surface area contributed by atoms with Crippen molar-refractivity contribution < 1.29 is 4.39 Å². The number of hydrogen-bond donors (Lipinski definition) is 1. The van der Waals surface area contributed by atoms with E-state index in [4.69, 9.17) is 0 Å². The van der Waals surface area contributed by atoms with Crippen molar-refractivity contribution in [3.63, 3.8) is 0 Å². The third-order valence-corrected chi connectivity index (χ3v) is 3.92. The third kappa shape index (κ3) is 5.62. The molecule has 0 radical (unpaired) electrons. The molecular formula is C16H25BrFN. The van der Waals surface area contributed by atoms with Gasteiger partial charge in [0.2, 0.25) is 0 Å². The van der Waals surface area contributed by atoms with E-state index < -0.39 is 0 Å². The topological polar surface area (TPSA) is 12.0 Å². The zero-order valence-corrected chi connectivity index (χ0v) is 14.0. The van der Waals surface area contributed by atoms with Gasteiger partial charge in [-0.05, 0) is 36.0 Å². The first-order valence-corrected chi connectivity index (χ1v) is 7.83. The van der Waals surface area contributed by atoms with Crippen LogP contribution in [0.4, 0.5) is 4.39 Å². The Morgan fingerprint density at radius 2 is 2.05 bits per heavy atom. The van der Waals surface area contributed by atoms with Crippen LogP contribution < -0.4 is 5.32 Å². The largest absolute Gasteiger partial charge is 0.314 e. The minimum absolute atomic E-state index is 0.105. The molecule has 1 N–H and O–H groups in total. The number of hydrogen-bond acceptors (Lipinski definition) is 1. The molecule has 0 heterocycles. The Bertz CT molecular complexity index is 406. The highest BCUT2D eigenvalue weighted by Gasteiger charge is 2.25. The lowest BCUT2D eigenvalue weighted by molar-refractivity contribution is 0.264. The quantitative estimate of drug-likeness (QED) is 0.747. The Balaban J connectivity index is 2.81. The van der Waals surface area contributed by atoms with Crippen LogP contribution >= 0.6 is 15.9 Å². The highest BCUT2D eigenvalue weighted by atomic mass is 79.9. The minimum atomic E-state index is -0.110. The van der Waals surface area contributed by atoms with Gasteiger partial charge in [-0.2, -0.15) is 0 Å². The number of halogens is 2. The lowest BCUT2D eigenvalue weighted by Crippen LogP contribution is -2.37. The summed E-state index contributed by atoms with van der Waals surface area (Å²) in [5.74, 6) is -0.110. The van der Waals surface area contributed by atoms with Crippen LogP contribution in [-0.2, 0) is 6.42 Å². The molecular weight excluding hydrogens is 305 g/mol. The van der Waals surface area contributed by atoms with E-state index in [1.165, 1.54) is 0 Å². The molecule has 19 heavy (non-hydrogen) atoms. The van der Waals surface area contributed by atoms with E-state index in [0.29, 0.717) is 6.04 Å². The number of rotatable bonds is 7. The van der Waals surface area contributed by atoms with Crippen molar-refractivity contribution in [3.8, 4) is 0 Å². The molecule has 0 aliphatic carbocycles. The summed E-state index contributed by atoms with van der Waals surface area (Å²) in [4.78, 5) is 0. The standard InChI is InChI=1S/C16H25BrFN/c1-5-8-16(4,11-19-12(2)3)10-13-6-7-14(17)9-15(13)18/h6-7,9,12,19H,5,8,10-11H2,1-4H3. The van der Waals surface area contributed by atoms with E-state index in [0.717, 1.165) is 35.8 Å². The summed E-state index contributed by atoms with van der Waals surface area (Å²) in [6.45, 7) is 9.64. The maximum Gasteiger partial charge on any atom is 0.127 e. The van der Waals surface area contributed by atoms with Gasteiger partial charge in [-0.1, -0.05) is 56.1 Å². The molecule has 1 aromatic rings. The molecule has 0 aromatic heterocycles. The molecule has 0 bridgehead atoms. The van der Waals surface area contributed by atoms with Gasteiger partial charge >= 0.3 is 0 Å². The minimum Gasteiger partial charge on any atom is -0.314 e. The SMILES string of the molecule is CCCC(C)(CNC(C)C)Cc1ccc(Br)cc1F. The van der Waals surface area contributed by atoms with E-state index in [2.05, 4.69) is 48.9 Å². The highest BCUT2D eigenvalue weighted by Crippen LogP contribution is 2.29. The van der Waals surface area contributed by atoms with Crippen LogP contribution in [0.1, 0.15) is 46.1 Å². The monoisotopic (exact) mass is 329 g/mol. The second-order valence-corrected chi connectivity index (χ2v) is 6.92. The average molecular weight is 330 g/mol. The molecule has 0 amide bonds. The summed E-state index contributed by atoms with van der Waals surface area (Å²) < 4.78 is 14.8. The van der Waals surface area contributed by atoms with E-state index in [1.54, 1.807) is 6.07 Å². The van der Waals surface area contributed by atoms with Gasteiger partial charge in [-0.25, -0.2) is 4.39 Å². The fraction of sp³-hybridized carbons (Fsp3) is 0.625. The molecule has 0 saturated heterocycles. The molecule has 0 saturated carbocycles. The first kappa shape index (κ1) is 16.6. The van der Waals surface area contributed by atoms with Crippen LogP contribution in [0.2, 0.25) is 0 Å². The molecule has 0 aliphatic rings. The predicted molar refractivity (Wildman–Crippen MR) is 84.0 cm³/mol. The molecule has 1 rings (SSSR count). The molecule has 0 spiro atoms. The van der Waals surface area contributed by atoms with E-state index in [9.17, 15) is 4.39 Å². The van der Waals surface area contributed by atoms with E-state index in [-0.39, 0.29) is 11.2 Å². The Hall–Kier alpha value is -0.410. The Morgan fingerprint density at radius 1 is 1.37 bits per heavy atom. The maximum absolute atomic E-state index is 14.0. The van der Waals surface area contributed by atoms with Gasteiger partial charge in [0.25, 0.3) is 0 Å². The van der Waals surface area contributed by atoms with Crippen molar-refractivity contribution in [3.05, 3.63) is 34.1 Å². The second-order valence-electron chi connectivity index (χ2n) is 6.01. The van der Waals surface area contributed by atoms with Gasteiger partial charge < -0.3 is 5.32 Å². The summed E-state index contributed by atoms with van der Waals surface area (Å²) in [5.41, 5.74) is 0.915. The lowest BCUT2D eigenvalue weighted by Gasteiger charge is -2.31. The van der Waals surface area contributed by atoms with Crippen molar-refractivity contribution in [1.29, 1.82) is 0 Å². The summed E-state index contributed by atoms with van der Waals surface area (Å²) >= 11 is 3.30. The first-order chi connectivity index (χ1) is 8.86. The molecule has 108 valence electrons.